The van der Waals surface area contributed by atoms with Crippen molar-refractivity contribution in [2.24, 2.45) is 5.92 Å². The second kappa shape index (κ2) is 12.9. The summed E-state index contributed by atoms with van der Waals surface area (Å²) in [5.41, 5.74) is -1.63. The Kier molecular flexibility index (Phi) is 8.91. The fourth-order valence-electron chi connectivity index (χ4n) is 7.47. The highest BCUT2D eigenvalue weighted by Crippen LogP contribution is 2.51. The number of aromatic nitrogens is 2. The molecule has 4 atom stereocenters. The molecular weight excluding hydrogens is 705 g/mol. The first kappa shape index (κ1) is 35.3. The first-order valence-electron chi connectivity index (χ1n) is 16.9. The molecular formula is C36H38ClF3N6O4S. The molecule has 0 saturated carbocycles. The van der Waals surface area contributed by atoms with Crippen molar-refractivity contribution in [2.45, 2.75) is 77.2 Å². The van der Waals surface area contributed by atoms with Crippen molar-refractivity contribution < 1.29 is 32.2 Å². The molecule has 5 heterocycles. The van der Waals surface area contributed by atoms with E-state index in [1.807, 2.05) is 25.8 Å². The number of hydrogen-bond acceptors (Lipinski definition) is 10. The first-order valence-corrected chi connectivity index (χ1v) is 18.1. The van der Waals surface area contributed by atoms with E-state index >= 15 is 8.78 Å². The molecule has 7 rings (SSSR count). The van der Waals surface area contributed by atoms with Gasteiger partial charge in [0.15, 0.2) is 11.6 Å². The van der Waals surface area contributed by atoms with Crippen LogP contribution in [-0.4, -0.2) is 77.7 Å². The minimum atomic E-state index is -0.960. The summed E-state index contributed by atoms with van der Waals surface area (Å²) in [4.78, 5) is 26.0. The summed E-state index contributed by atoms with van der Waals surface area (Å²) in [6, 6.07) is 4.36. The van der Waals surface area contributed by atoms with Crippen molar-refractivity contribution in [3.8, 4) is 29.0 Å². The Labute approximate surface area is 302 Å². The number of nitriles is 1. The molecule has 51 heavy (non-hydrogen) atoms. The summed E-state index contributed by atoms with van der Waals surface area (Å²) in [5.74, 6) is -1.09. The van der Waals surface area contributed by atoms with Crippen LogP contribution in [0.15, 0.2) is 12.1 Å². The molecule has 1 N–H and O–H groups in total. The van der Waals surface area contributed by atoms with E-state index in [4.69, 9.17) is 30.8 Å². The zero-order valence-electron chi connectivity index (χ0n) is 29.1. The van der Waals surface area contributed by atoms with Gasteiger partial charge in [0.05, 0.1) is 32.8 Å². The molecule has 2 saturated heterocycles. The van der Waals surface area contributed by atoms with Crippen molar-refractivity contribution in [3.63, 3.8) is 0 Å². The van der Waals surface area contributed by atoms with Crippen LogP contribution in [0, 0.1) is 28.9 Å². The van der Waals surface area contributed by atoms with E-state index in [1.165, 1.54) is 6.07 Å². The van der Waals surface area contributed by atoms with E-state index in [0.717, 1.165) is 36.8 Å². The van der Waals surface area contributed by atoms with Crippen LogP contribution < -0.4 is 19.7 Å². The summed E-state index contributed by atoms with van der Waals surface area (Å²) in [7, 11) is 1.84. The number of hydrogen-bond donors (Lipinski definition) is 1. The van der Waals surface area contributed by atoms with Crippen LogP contribution in [-0.2, 0) is 4.74 Å². The number of carbonyl (C=O) groups excluding carboxylic acids is 1. The number of amides is 1. The smallest absolute Gasteiger partial charge is 0.412 e. The maximum absolute atomic E-state index is 17.3. The number of nitrogens with zero attached hydrogens (tertiary/aromatic N) is 5. The molecule has 1 unspecified atom stereocenters. The Balaban J connectivity index is 1.42. The third kappa shape index (κ3) is 6.06. The number of benzene rings is 2. The van der Waals surface area contributed by atoms with Crippen molar-refractivity contribution in [2.75, 3.05) is 43.6 Å². The van der Waals surface area contributed by atoms with Crippen molar-refractivity contribution in [3.05, 3.63) is 34.4 Å². The fraction of sp³-hybridized carbons (Fsp3) is 0.500. The van der Waals surface area contributed by atoms with Crippen LogP contribution in [0.25, 0.3) is 32.1 Å². The van der Waals surface area contributed by atoms with Gasteiger partial charge >= 0.3 is 12.1 Å². The normalized spacial score (nSPS) is 23.5. The maximum atomic E-state index is 17.3. The fourth-order valence-corrected chi connectivity index (χ4v) is 8.88. The molecule has 0 spiro atoms. The Morgan fingerprint density at radius 3 is 2.75 bits per heavy atom. The number of halogens is 4. The van der Waals surface area contributed by atoms with E-state index in [9.17, 15) is 14.4 Å². The van der Waals surface area contributed by atoms with Gasteiger partial charge in [-0.3, -0.25) is 10.2 Å². The van der Waals surface area contributed by atoms with Gasteiger partial charge < -0.3 is 19.1 Å². The van der Waals surface area contributed by atoms with Gasteiger partial charge in [-0.2, -0.15) is 15.2 Å². The molecule has 3 aliphatic rings. The van der Waals surface area contributed by atoms with E-state index in [1.54, 1.807) is 20.8 Å². The summed E-state index contributed by atoms with van der Waals surface area (Å²) < 4.78 is 65.2. The number of nitrogens with one attached hydrogen (secondary N) is 1. The second-order valence-corrected chi connectivity index (χ2v) is 16.1. The summed E-state index contributed by atoms with van der Waals surface area (Å²) in [5, 5.41) is 13.1. The van der Waals surface area contributed by atoms with Gasteiger partial charge in [-0.05, 0) is 58.7 Å². The van der Waals surface area contributed by atoms with Crippen molar-refractivity contribution in [1.82, 2.24) is 14.9 Å². The highest BCUT2D eigenvalue weighted by molar-refractivity contribution is 7.23. The zero-order chi connectivity index (χ0) is 36.6. The number of anilines is 2. The second-order valence-electron chi connectivity index (χ2n) is 14.7. The lowest BCUT2D eigenvalue weighted by atomic mass is 9.95. The summed E-state index contributed by atoms with van der Waals surface area (Å²) in [6.45, 7) is 10.6. The Hall–Kier alpha value is -4.06. The number of ether oxygens (including phenoxy) is 3. The number of thiophene rings is 1. The molecule has 10 nitrogen and oxygen atoms in total. The van der Waals surface area contributed by atoms with Crippen LogP contribution >= 0.6 is 22.9 Å². The predicted octanol–water partition coefficient (Wildman–Crippen LogP) is 8.47. The predicted molar refractivity (Wildman–Crippen MR) is 191 cm³/mol. The van der Waals surface area contributed by atoms with Crippen molar-refractivity contribution >= 4 is 60.8 Å². The number of alkyl halides is 1. The molecule has 3 aliphatic heterocycles. The topological polar surface area (TPSA) is 113 Å². The van der Waals surface area contributed by atoms with Crippen LogP contribution in [0.2, 0.25) is 5.02 Å². The van der Waals surface area contributed by atoms with Gasteiger partial charge in [0.2, 0.25) is 0 Å². The lowest BCUT2D eigenvalue weighted by Gasteiger charge is -2.35. The number of fused-ring (bicyclic) bond motifs is 2. The third-order valence-corrected chi connectivity index (χ3v) is 11.7. The van der Waals surface area contributed by atoms with Crippen LogP contribution in [0.3, 0.4) is 0 Å². The summed E-state index contributed by atoms with van der Waals surface area (Å²) >= 11 is 7.90. The number of carbonyl (C=O) groups is 1. The average molecular weight is 743 g/mol. The third-order valence-electron chi connectivity index (χ3n) is 10.2. The van der Waals surface area contributed by atoms with E-state index < -0.39 is 35.0 Å². The molecule has 0 radical (unpaired) electrons. The Morgan fingerprint density at radius 2 is 2.02 bits per heavy atom. The zero-order valence-corrected chi connectivity index (χ0v) is 30.7. The number of rotatable bonds is 5. The highest BCUT2D eigenvalue weighted by Gasteiger charge is 2.49. The van der Waals surface area contributed by atoms with Gasteiger partial charge in [0, 0.05) is 42.9 Å². The average Bonchev–Trinajstić information content (AvgIpc) is 3.72. The largest absolute Gasteiger partial charge is 0.491 e. The van der Waals surface area contributed by atoms with Crippen molar-refractivity contribution in [1.29, 1.82) is 5.26 Å². The molecule has 2 aromatic carbocycles. The lowest BCUT2D eigenvalue weighted by Crippen LogP contribution is -2.43. The molecule has 0 aliphatic carbocycles. The monoisotopic (exact) mass is 742 g/mol. The SMILES string of the molecule is CC1COc2c(Cl)c(-c3ccc(F)c4sc(NC(=O)OC(C)(C)C)c(C#N)c34)c(F)c3nc(OC[C@@]45CCCN4C[C@H](F)C5)nc(c23)N(C)[C@@H]1C. The van der Waals surface area contributed by atoms with Crippen LogP contribution in [0.4, 0.5) is 28.8 Å². The maximum Gasteiger partial charge on any atom is 0.412 e. The van der Waals surface area contributed by atoms with Gasteiger partial charge in [-0.15, -0.1) is 11.3 Å². The molecule has 0 bridgehead atoms. The van der Waals surface area contributed by atoms with Gasteiger partial charge in [-0.25, -0.2) is 18.0 Å². The Bertz CT molecular complexity index is 2120. The molecule has 15 heteroatoms. The highest BCUT2D eigenvalue weighted by atomic mass is 35.5. The molecule has 270 valence electrons. The van der Waals surface area contributed by atoms with Crippen LogP contribution in [0.1, 0.15) is 59.4 Å². The van der Waals surface area contributed by atoms with E-state index in [-0.39, 0.29) is 84.6 Å². The summed E-state index contributed by atoms with van der Waals surface area (Å²) in [6.07, 6.45) is 0.224. The quantitative estimate of drug-likeness (QED) is 0.215. The minimum Gasteiger partial charge on any atom is -0.491 e. The molecule has 2 aromatic heterocycles. The first-order chi connectivity index (χ1) is 24.1. The molecule has 1 amide bonds. The van der Waals surface area contributed by atoms with E-state index in [2.05, 4.69) is 21.3 Å². The van der Waals surface area contributed by atoms with Gasteiger partial charge in [0.25, 0.3) is 0 Å². The van der Waals surface area contributed by atoms with Gasteiger partial charge in [0.1, 0.15) is 46.6 Å². The van der Waals surface area contributed by atoms with Gasteiger partial charge in [-0.1, -0.05) is 24.6 Å². The standard InChI is InChI=1S/C36H38ClF3N6O4S/c1-17-15-48-29-25-28(42-33(43-31(25)45(6)18(17)2)49-16-36-10-7-11-46(36)14-19(38)12-36)27(40)24(26(29)37)20-8-9-22(39)30-23(20)21(13-41)32(51-30)44-34(47)50-35(3,4)5/h8-9,17-19H,7,10-12,14-16H2,1-6H3,(H,44,47)/t17?,18-,19-,36+/m1/s1. The molecule has 2 fully saturated rings. The van der Waals surface area contributed by atoms with Crippen LogP contribution in [0.5, 0.6) is 11.8 Å². The lowest BCUT2D eigenvalue weighted by molar-refractivity contribution is 0.0636. The Morgan fingerprint density at radius 1 is 1.25 bits per heavy atom. The van der Waals surface area contributed by atoms with E-state index in [0.29, 0.717) is 18.8 Å². The minimum absolute atomic E-state index is 0.00643. The molecule has 4 aromatic rings.